The fraction of sp³-hybridized carbons (Fsp3) is 1.00. The van der Waals surface area contributed by atoms with Gasteiger partial charge in [0.25, 0.3) is 0 Å². The molecule has 0 aliphatic heterocycles. The molecule has 5 heteroatoms. The van der Waals surface area contributed by atoms with Gasteiger partial charge < -0.3 is 0 Å². The normalized spacial score (nSPS) is 39.2. The van der Waals surface area contributed by atoms with Crippen molar-refractivity contribution in [3.8, 4) is 0 Å². The lowest BCUT2D eigenvalue weighted by Crippen LogP contribution is -2.22. The van der Waals surface area contributed by atoms with Gasteiger partial charge in [-0.2, -0.15) is 13.2 Å². The Bertz CT molecular complexity index is 231. The molecule has 0 aromatic rings. The number of rotatable bonds is 4. The highest BCUT2D eigenvalue weighted by atomic mass is 35.5. The minimum absolute atomic E-state index is 0.0212. The first-order valence-electron chi connectivity index (χ1n) is 5.21. The van der Waals surface area contributed by atoms with Gasteiger partial charge in [0, 0.05) is 11.6 Å². The van der Waals surface area contributed by atoms with Gasteiger partial charge in [-0.05, 0) is 42.9 Å². The first-order valence-corrected chi connectivity index (χ1v) is 6.73. The second-order valence-corrected chi connectivity index (χ2v) is 6.27. The molecule has 2 aliphatic carbocycles. The molecule has 2 aliphatic rings. The predicted octanol–water partition coefficient (Wildman–Crippen LogP) is 4.28. The molecule has 0 aromatic heterocycles. The van der Waals surface area contributed by atoms with E-state index in [-0.39, 0.29) is 22.9 Å². The van der Waals surface area contributed by atoms with Gasteiger partial charge in [-0.25, -0.2) is 0 Å². The molecular weight excluding hydrogens is 245 g/mol. The Labute approximate surface area is 96.9 Å². The summed E-state index contributed by atoms with van der Waals surface area (Å²) in [4.78, 5) is 0. The first-order chi connectivity index (χ1) is 6.94. The maximum atomic E-state index is 12.0. The molecule has 0 nitrogen and oxygen atoms in total. The molecule has 0 radical (unpaired) electrons. The van der Waals surface area contributed by atoms with Crippen molar-refractivity contribution in [2.75, 3.05) is 11.6 Å². The summed E-state index contributed by atoms with van der Waals surface area (Å²) in [6.07, 6.45) is 4.01. The summed E-state index contributed by atoms with van der Waals surface area (Å²) in [5, 5.41) is 0. The SMILES string of the molecule is FC(F)(F)SCCC1(CCl)CC2CC2C1. The van der Waals surface area contributed by atoms with E-state index in [1.807, 2.05) is 0 Å². The van der Waals surface area contributed by atoms with E-state index in [0.29, 0.717) is 12.3 Å². The monoisotopic (exact) mass is 258 g/mol. The van der Waals surface area contributed by atoms with Crippen LogP contribution in [0.4, 0.5) is 13.2 Å². The van der Waals surface area contributed by atoms with Crippen LogP contribution >= 0.6 is 23.4 Å². The van der Waals surface area contributed by atoms with Crippen molar-refractivity contribution < 1.29 is 13.2 Å². The Morgan fingerprint density at radius 1 is 1.27 bits per heavy atom. The topological polar surface area (TPSA) is 0 Å². The zero-order valence-electron chi connectivity index (χ0n) is 8.32. The molecule has 0 bridgehead atoms. The molecule has 2 unspecified atom stereocenters. The number of halogens is 4. The third-order valence-electron chi connectivity index (χ3n) is 3.64. The largest absolute Gasteiger partial charge is 0.441 e. The van der Waals surface area contributed by atoms with Crippen LogP contribution in [0.2, 0.25) is 0 Å². The fourth-order valence-electron chi connectivity index (χ4n) is 2.77. The third-order valence-corrected chi connectivity index (χ3v) is 4.94. The Kier molecular flexibility index (Phi) is 3.19. The van der Waals surface area contributed by atoms with Crippen molar-refractivity contribution in [3.63, 3.8) is 0 Å². The highest BCUT2D eigenvalue weighted by Crippen LogP contribution is 2.61. The summed E-state index contributed by atoms with van der Waals surface area (Å²) in [5.74, 6) is 2.24. The van der Waals surface area contributed by atoms with Crippen molar-refractivity contribution in [2.45, 2.75) is 31.2 Å². The minimum Gasteiger partial charge on any atom is -0.160 e. The van der Waals surface area contributed by atoms with E-state index in [1.165, 1.54) is 6.42 Å². The smallest absolute Gasteiger partial charge is 0.160 e. The van der Waals surface area contributed by atoms with E-state index < -0.39 is 5.51 Å². The maximum Gasteiger partial charge on any atom is 0.441 e. The van der Waals surface area contributed by atoms with Crippen LogP contribution in [0.15, 0.2) is 0 Å². The van der Waals surface area contributed by atoms with Crippen molar-refractivity contribution in [1.29, 1.82) is 0 Å². The summed E-state index contributed by atoms with van der Waals surface area (Å²) in [7, 11) is 0. The average Bonchev–Trinajstić information content (AvgIpc) is 2.73. The molecule has 2 saturated carbocycles. The molecule has 0 saturated heterocycles. The predicted molar refractivity (Wildman–Crippen MR) is 57.1 cm³/mol. The Morgan fingerprint density at radius 3 is 2.33 bits per heavy atom. The second-order valence-electron chi connectivity index (χ2n) is 4.84. The van der Waals surface area contributed by atoms with Crippen LogP contribution < -0.4 is 0 Å². The average molecular weight is 259 g/mol. The molecule has 0 heterocycles. The maximum absolute atomic E-state index is 12.0. The molecule has 0 aromatic carbocycles. The minimum atomic E-state index is -4.09. The van der Waals surface area contributed by atoms with Crippen molar-refractivity contribution >= 4 is 23.4 Å². The van der Waals surface area contributed by atoms with Gasteiger partial charge >= 0.3 is 5.51 Å². The van der Waals surface area contributed by atoms with Crippen molar-refractivity contribution in [2.24, 2.45) is 17.3 Å². The molecule has 0 spiro atoms. The van der Waals surface area contributed by atoms with Gasteiger partial charge in [0.1, 0.15) is 0 Å². The van der Waals surface area contributed by atoms with Crippen LogP contribution in [0.5, 0.6) is 0 Å². The van der Waals surface area contributed by atoms with Gasteiger partial charge in [0.2, 0.25) is 0 Å². The molecule has 88 valence electrons. The molecule has 2 atom stereocenters. The molecule has 2 fully saturated rings. The highest BCUT2D eigenvalue weighted by Gasteiger charge is 2.53. The Hall–Kier alpha value is 0.430. The zero-order valence-corrected chi connectivity index (χ0v) is 9.89. The molecule has 2 rings (SSSR count). The van der Waals surface area contributed by atoms with Gasteiger partial charge in [-0.3, -0.25) is 0 Å². The van der Waals surface area contributed by atoms with E-state index in [0.717, 1.165) is 24.7 Å². The zero-order chi connectivity index (χ0) is 11.1. The number of fused-ring (bicyclic) bond motifs is 1. The Morgan fingerprint density at radius 2 is 1.87 bits per heavy atom. The van der Waals surface area contributed by atoms with Gasteiger partial charge in [0.05, 0.1) is 0 Å². The van der Waals surface area contributed by atoms with E-state index in [2.05, 4.69) is 0 Å². The quantitative estimate of drug-likeness (QED) is 0.678. The lowest BCUT2D eigenvalue weighted by Gasteiger charge is -2.28. The van der Waals surface area contributed by atoms with E-state index in [4.69, 9.17) is 11.6 Å². The summed E-state index contributed by atoms with van der Waals surface area (Å²) < 4.78 is 35.9. The molecule has 0 amide bonds. The number of hydrogen-bond donors (Lipinski definition) is 0. The standard InChI is InChI=1S/C10H14ClF3S/c11-6-9(1-2-15-10(12,13)14)4-7-3-8(7)5-9/h7-8H,1-6H2. The van der Waals surface area contributed by atoms with Crippen molar-refractivity contribution in [3.05, 3.63) is 0 Å². The van der Waals surface area contributed by atoms with Crippen molar-refractivity contribution in [1.82, 2.24) is 0 Å². The van der Waals surface area contributed by atoms with Crippen LogP contribution in [-0.4, -0.2) is 17.1 Å². The van der Waals surface area contributed by atoms with E-state index in [9.17, 15) is 13.2 Å². The summed E-state index contributed by atoms with van der Waals surface area (Å²) >= 11 is 6.00. The van der Waals surface area contributed by atoms with Crippen LogP contribution in [0.3, 0.4) is 0 Å². The van der Waals surface area contributed by atoms with E-state index >= 15 is 0 Å². The van der Waals surface area contributed by atoms with Gasteiger partial charge in [0.15, 0.2) is 0 Å². The molecule has 0 N–H and O–H groups in total. The Balaban J connectivity index is 1.77. The number of thioether (sulfide) groups is 1. The summed E-state index contributed by atoms with van der Waals surface area (Å²) in [5.41, 5.74) is -4.07. The lowest BCUT2D eigenvalue weighted by atomic mass is 9.82. The van der Waals surface area contributed by atoms with Crippen LogP contribution in [-0.2, 0) is 0 Å². The van der Waals surface area contributed by atoms with Crippen LogP contribution in [0, 0.1) is 17.3 Å². The van der Waals surface area contributed by atoms with Gasteiger partial charge in [-0.15, -0.1) is 11.6 Å². The second kappa shape index (κ2) is 4.02. The third kappa shape index (κ3) is 2.96. The number of hydrogen-bond acceptors (Lipinski definition) is 1. The van der Waals surface area contributed by atoms with Gasteiger partial charge in [-0.1, -0.05) is 11.8 Å². The fourth-order valence-corrected chi connectivity index (χ4v) is 3.89. The lowest BCUT2D eigenvalue weighted by molar-refractivity contribution is -0.0329. The summed E-state index contributed by atoms with van der Waals surface area (Å²) in [6.45, 7) is 0. The van der Waals surface area contributed by atoms with E-state index in [1.54, 1.807) is 0 Å². The molecular formula is C10H14ClF3S. The van der Waals surface area contributed by atoms with Crippen LogP contribution in [0.1, 0.15) is 25.7 Å². The highest BCUT2D eigenvalue weighted by molar-refractivity contribution is 8.00. The van der Waals surface area contributed by atoms with Crippen LogP contribution in [0.25, 0.3) is 0 Å². The number of alkyl halides is 4. The summed E-state index contributed by atoms with van der Waals surface area (Å²) in [6, 6.07) is 0. The molecule has 15 heavy (non-hydrogen) atoms. The first kappa shape index (κ1) is 11.9.